The topological polar surface area (TPSA) is 219 Å². The molecule has 0 radical (unpaired) electrons. The van der Waals surface area contributed by atoms with E-state index in [1.165, 1.54) is 6.92 Å². The third-order valence-corrected chi connectivity index (χ3v) is 11.3. The van der Waals surface area contributed by atoms with Crippen molar-refractivity contribution in [3.05, 3.63) is 77.4 Å². The molecule has 9 atom stereocenters. The van der Waals surface area contributed by atoms with Gasteiger partial charge in [0.2, 0.25) is 0 Å². The van der Waals surface area contributed by atoms with Crippen LogP contribution < -0.4 is 21.9 Å². The molecule has 10 N–H and O–H groups in total. The molecule has 0 spiro atoms. The number of hydrogen-bond donors (Lipinski definition) is 7. The molecule has 0 saturated heterocycles. The molecule has 1 fully saturated rings. The van der Waals surface area contributed by atoms with E-state index in [1.54, 1.807) is 44.2 Å². The lowest BCUT2D eigenvalue weighted by Gasteiger charge is -2.47. The summed E-state index contributed by atoms with van der Waals surface area (Å²) < 4.78 is 6.11. The van der Waals surface area contributed by atoms with Gasteiger partial charge in [-0.2, -0.15) is 0 Å². The maximum Gasteiger partial charge on any atom is 0.185 e. The van der Waals surface area contributed by atoms with E-state index in [-0.39, 0.29) is 12.0 Å². The van der Waals surface area contributed by atoms with E-state index in [0.29, 0.717) is 31.4 Å². The van der Waals surface area contributed by atoms with Gasteiger partial charge in [-0.05, 0) is 60.2 Å². The summed E-state index contributed by atoms with van der Waals surface area (Å²) in [6, 6.07) is 14.0. The van der Waals surface area contributed by atoms with E-state index in [2.05, 4.69) is 0 Å². The molecule has 11 heteroatoms. The van der Waals surface area contributed by atoms with Gasteiger partial charge in [0.15, 0.2) is 17.3 Å². The molecule has 51 heavy (non-hydrogen) atoms. The summed E-state index contributed by atoms with van der Waals surface area (Å²) in [6.07, 6.45) is -2.48. The first-order chi connectivity index (χ1) is 24.2. The zero-order chi connectivity index (χ0) is 37.2. The maximum atomic E-state index is 14.8. The Morgan fingerprint density at radius 3 is 2.24 bits per heavy atom. The van der Waals surface area contributed by atoms with E-state index in [0.717, 1.165) is 28.3 Å². The van der Waals surface area contributed by atoms with Crippen molar-refractivity contribution in [1.29, 1.82) is 0 Å². The van der Waals surface area contributed by atoms with Crippen LogP contribution in [0.5, 0.6) is 5.75 Å². The molecular weight excluding hydrogens is 650 g/mol. The highest BCUT2D eigenvalue weighted by Gasteiger charge is 2.60. The predicted octanol–water partition coefficient (Wildman–Crippen LogP) is 2.75. The number of carbonyl (C=O) groups is 3. The predicted molar refractivity (Wildman–Crippen MR) is 194 cm³/mol. The third kappa shape index (κ3) is 7.39. The first-order valence-electron chi connectivity index (χ1n) is 18.1. The lowest BCUT2D eigenvalue weighted by Crippen LogP contribution is -2.69. The van der Waals surface area contributed by atoms with Crippen molar-refractivity contribution in [3.63, 3.8) is 0 Å². The average Bonchev–Trinajstić information content (AvgIpc) is 3.41. The SMILES string of the molecule is CC(C)C(C(=O)c1ccc2c(c1)C[C@@H](O)[C@H]2N)C(O)C(O)C(N)C(C(=O)COc1cccc2ccccc12)(C(=O)[C@@H](N)[C@@H](C)O)C1CCCCC1. The standard InChI is InChI=1S/C40H53N3O8/c1-21(2)32(35(47)24-16-17-28-25(18-24)19-29(45)34(28)42)36(48)37(49)38(43)40(26-12-5-4-6-13-26,39(50)33(41)22(3)44)31(46)20-51-30-15-9-11-23-10-7-8-14-27(23)30/h7-11,14-18,21-22,26,29,32-34,36-38,44-45,48-49H,4-6,12-13,19-20,41-43H2,1-3H3/t22-,29-,32?,33+,34+,36?,37?,38?,40?/m1/s1. The number of fused-ring (bicyclic) bond motifs is 2. The largest absolute Gasteiger partial charge is 0.485 e. The van der Waals surface area contributed by atoms with Gasteiger partial charge >= 0.3 is 0 Å². The van der Waals surface area contributed by atoms with Crippen molar-refractivity contribution in [2.45, 2.75) is 102 Å². The van der Waals surface area contributed by atoms with Crippen LogP contribution in [-0.4, -0.2) is 80.9 Å². The quantitative estimate of drug-likeness (QED) is 0.0901. The Hall–Kier alpha value is -3.55. The number of ketones is 3. The Morgan fingerprint density at radius 2 is 1.57 bits per heavy atom. The van der Waals surface area contributed by atoms with Gasteiger partial charge in [-0.15, -0.1) is 0 Å². The van der Waals surface area contributed by atoms with Gasteiger partial charge in [0.05, 0.1) is 48.5 Å². The van der Waals surface area contributed by atoms with Crippen LogP contribution in [0.3, 0.4) is 0 Å². The van der Waals surface area contributed by atoms with Crippen molar-refractivity contribution < 1.29 is 39.5 Å². The number of Topliss-reactive ketones (excluding diaryl/α,β-unsaturated/α-hetero) is 3. The molecule has 0 aliphatic heterocycles. The Labute approximate surface area is 299 Å². The number of aliphatic hydroxyl groups is 4. The fourth-order valence-corrected chi connectivity index (χ4v) is 8.39. The van der Waals surface area contributed by atoms with Gasteiger partial charge in [-0.25, -0.2) is 0 Å². The molecule has 0 aromatic heterocycles. The van der Waals surface area contributed by atoms with Crippen LogP contribution in [0.15, 0.2) is 60.7 Å². The third-order valence-electron chi connectivity index (χ3n) is 11.3. The molecule has 5 rings (SSSR count). The van der Waals surface area contributed by atoms with Gasteiger partial charge in [0, 0.05) is 17.4 Å². The van der Waals surface area contributed by atoms with Crippen LogP contribution in [0.4, 0.5) is 0 Å². The van der Waals surface area contributed by atoms with Crippen LogP contribution in [0, 0.1) is 23.2 Å². The molecule has 3 aromatic carbocycles. The molecule has 2 aliphatic rings. The molecule has 0 bridgehead atoms. The normalized spacial score (nSPS) is 22.7. The summed E-state index contributed by atoms with van der Waals surface area (Å²) in [5, 5.41) is 46.4. The Bertz CT molecular complexity index is 1720. The highest BCUT2D eigenvalue weighted by molar-refractivity contribution is 6.11. The molecule has 2 aliphatic carbocycles. The van der Waals surface area contributed by atoms with Crippen molar-refractivity contribution in [2.75, 3.05) is 6.61 Å². The highest BCUT2D eigenvalue weighted by Crippen LogP contribution is 2.45. The number of aliphatic hydroxyl groups excluding tert-OH is 4. The number of ether oxygens (including phenoxy) is 1. The first kappa shape index (κ1) is 38.7. The number of rotatable bonds is 15. The van der Waals surface area contributed by atoms with Crippen LogP contribution >= 0.6 is 0 Å². The van der Waals surface area contributed by atoms with E-state index in [9.17, 15) is 34.8 Å². The molecule has 1 saturated carbocycles. The van der Waals surface area contributed by atoms with E-state index >= 15 is 0 Å². The summed E-state index contributed by atoms with van der Waals surface area (Å²) >= 11 is 0. The van der Waals surface area contributed by atoms with Crippen molar-refractivity contribution >= 4 is 28.1 Å². The Kier molecular flexibility index (Phi) is 12.1. The summed E-state index contributed by atoms with van der Waals surface area (Å²) in [5.41, 5.74) is 18.9. The summed E-state index contributed by atoms with van der Waals surface area (Å²) in [6.45, 7) is 4.21. The molecule has 11 nitrogen and oxygen atoms in total. The summed E-state index contributed by atoms with van der Waals surface area (Å²) in [7, 11) is 0. The second kappa shape index (κ2) is 16.0. The lowest BCUT2D eigenvalue weighted by atomic mass is 9.57. The molecular formula is C40H53N3O8. The Balaban J connectivity index is 1.53. The zero-order valence-electron chi connectivity index (χ0n) is 29.7. The van der Waals surface area contributed by atoms with E-state index < -0.39 is 89.7 Å². The summed E-state index contributed by atoms with van der Waals surface area (Å²) in [4.78, 5) is 43.5. The van der Waals surface area contributed by atoms with E-state index in [1.807, 2.05) is 30.3 Å². The van der Waals surface area contributed by atoms with Gasteiger partial charge in [0.25, 0.3) is 0 Å². The van der Waals surface area contributed by atoms with Gasteiger partial charge in [-0.1, -0.05) is 81.6 Å². The smallest absolute Gasteiger partial charge is 0.185 e. The summed E-state index contributed by atoms with van der Waals surface area (Å²) in [5.74, 6) is -3.98. The highest BCUT2D eigenvalue weighted by atomic mass is 16.5. The monoisotopic (exact) mass is 703 g/mol. The minimum atomic E-state index is -2.16. The van der Waals surface area contributed by atoms with Crippen molar-refractivity contribution in [2.24, 2.45) is 40.4 Å². The van der Waals surface area contributed by atoms with Gasteiger partial charge in [0.1, 0.15) is 17.8 Å². The number of nitrogens with two attached hydrogens (primary N) is 3. The van der Waals surface area contributed by atoms with Gasteiger partial charge in [-0.3, -0.25) is 14.4 Å². The molecule has 276 valence electrons. The van der Waals surface area contributed by atoms with Crippen molar-refractivity contribution in [3.8, 4) is 5.75 Å². The van der Waals surface area contributed by atoms with Crippen LogP contribution in [0.25, 0.3) is 10.8 Å². The maximum absolute atomic E-state index is 14.8. The zero-order valence-corrected chi connectivity index (χ0v) is 29.7. The first-order valence-corrected chi connectivity index (χ1v) is 18.1. The fraction of sp³-hybridized carbons (Fsp3) is 0.525. The lowest BCUT2D eigenvalue weighted by molar-refractivity contribution is -0.157. The Morgan fingerprint density at radius 1 is 0.902 bits per heavy atom. The second-order valence-corrected chi connectivity index (χ2v) is 14.9. The average molecular weight is 704 g/mol. The number of benzene rings is 3. The fourth-order valence-electron chi connectivity index (χ4n) is 8.39. The molecule has 5 unspecified atom stereocenters. The second-order valence-electron chi connectivity index (χ2n) is 14.9. The van der Waals surface area contributed by atoms with Crippen LogP contribution in [-0.2, 0) is 16.0 Å². The minimum absolute atomic E-state index is 0.263. The number of hydrogen-bond acceptors (Lipinski definition) is 11. The molecule has 0 amide bonds. The van der Waals surface area contributed by atoms with Crippen molar-refractivity contribution in [1.82, 2.24) is 0 Å². The van der Waals surface area contributed by atoms with E-state index in [4.69, 9.17) is 21.9 Å². The molecule has 0 heterocycles. The van der Waals surface area contributed by atoms with Crippen LogP contribution in [0.1, 0.15) is 80.4 Å². The molecule has 3 aromatic rings. The van der Waals surface area contributed by atoms with Crippen LogP contribution in [0.2, 0.25) is 0 Å². The van der Waals surface area contributed by atoms with Gasteiger partial charge < -0.3 is 42.4 Å². The number of carbonyl (C=O) groups excluding carboxylic acids is 3. The minimum Gasteiger partial charge on any atom is -0.485 e.